The monoisotopic (exact) mass is 375 g/mol. The highest BCUT2D eigenvalue weighted by Gasteiger charge is 2.22. The Balaban J connectivity index is 1.58. The molecule has 0 saturated carbocycles. The van der Waals surface area contributed by atoms with E-state index in [9.17, 15) is 8.78 Å². The maximum Gasteiger partial charge on any atom is 0.213 e. The number of rotatable bonds is 4. The lowest BCUT2D eigenvalue weighted by atomic mass is 10.2. The van der Waals surface area contributed by atoms with Crippen LogP contribution < -0.4 is 15.0 Å². The Labute approximate surface area is 157 Å². The Morgan fingerprint density at radius 3 is 2.67 bits per heavy atom. The molecule has 1 aliphatic heterocycles. The van der Waals surface area contributed by atoms with Crippen molar-refractivity contribution in [2.45, 2.75) is 6.54 Å². The van der Waals surface area contributed by atoms with Gasteiger partial charge in [-0.1, -0.05) is 0 Å². The number of nitrogens with one attached hydrogen (secondary N) is 1. The zero-order valence-electron chi connectivity index (χ0n) is 15.5. The van der Waals surface area contributed by atoms with Gasteiger partial charge in [-0.15, -0.1) is 0 Å². The summed E-state index contributed by atoms with van der Waals surface area (Å²) in [6.07, 6.45) is 1.70. The number of aromatic nitrogens is 1. The first-order chi connectivity index (χ1) is 13.1. The number of hydrogen-bond donors (Lipinski definition) is 1. The molecule has 8 heteroatoms. The van der Waals surface area contributed by atoms with Crippen LogP contribution in [0.2, 0.25) is 0 Å². The van der Waals surface area contributed by atoms with Crippen LogP contribution in [0, 0.1) is 11.6 Å². The van der Waals surface area contributed by atoms with E-state index in [0.717, 1.165) is 17.6 Å². The molecular weight excluding hydrogens is 352 g/mol. The van der Waals surface area contributed by atoms with Gasteiger partial charge in [0.15, 0.2) is 5.96 Å². The highest BCUT2D eigenvalue weighted by atomic mass is 19.1. The fourth-order valence-electron chi connectivity index (χ4n) is 3.07. The number of hydrogen-bond acceptors (Lipinski definition) is 4. The average Bonchev–Trinajstić information content (AvgIpc) is 2.71. The van der Waals surface area contributed by atoms with Crippen LogP contribution in [0.25, 0.3) is 0 Å². The second kappa shape index (κ2) is 8.66. The Morgan fingerprint density at radius 1 is 1.19 bits per heavy atom. The SMILES string of the molecule is CN=C(NCc1ccnc(OC)c1)N1CCN(c2cc(F)ccc2F)CC1. The molecule has 1 aromatic carbocycles. The highest BCUT2D eigenvalue weighted by Crippen LogP contribution is 2.22. The number of piperazine rings is 1. The van der Waals surface area contributed by atoms with Crippen molar-refractivity contribution in [3.8, 4) is 5.88 Å². The molecule has 1 aromatic heterocycles. The predicted molar refractivity (Wildman–Crippen MR) is 101 cm³/mol. The van der Waals surface area contributed by atoms with Gasteiger partial charge in [-0.3, -0.25) is 4.99 Å². The van der Waals surface area contributed by atoms with Crippen molar-refractivity contribution in [1.29, 1.82) is 0 Å². The summed E-state index contributed by atoms with van der Waals surface area (Å²) < 4.78 is 32.5. The largest absolute Gasteiger partial charge is 0.481 e. The number of benzene rings is 1. The van der Waals surface area contributed by atoms with E-state index in [4.69, 9.17) is 4.74 Å². The van der Waals surface area contributed by atoms with Gasteiger partial charge in [0.05, 0.1) is 12.8 Å². The number of anilines is 1. The Kier molecular flexibility index (Phi) is 6.05. The summed E-state index contributed by atoms with van der Waals surface area (Å²) in [7, 11) is 3.31. The molecule has 0 radical (unpaired) electrons. The van der Waals surface area contributed by atoms with Gasteiger partial charge in [-0.25, -0.2) is 13.8 Å². The predicted octanol–water partition coefficient (Wildman–Crippen LogP) is 2.27. The molecule has 2 aromatic rings. The second-order valence-corrected chi connectivity index (χ2v) is 6.18. The molecule has 6 nitrogen and oxygen atoms in total. The van der Waals surface area contributed by atoms with E-state index in [1.807, 2.05) is 17.0 Å². The summed E-state index contributed by atoms with van der Waals surface area (Å²) in [6, 6.07) is 7.32. The molecular formula is C19H23F2N5O. The van der Waals surface area contributed by atoms with Gasteiger partial charge in [-0.05, 0) is 23.8 Å². The molecule has 0 spiro atoms. The van der Waals surface area contributed by atoms with Crippen molar-refractivity contribution in [2.75, 3.05) is 45.2 Å². The molecule has 1 fully saturated rings. The molecule has 2 heterocycles. The number of nitrogens with zero attached hydrogens (tertiary/aromatic N) is 4. The van der Waals surface area contributed by atoms with Crippen LogP contribution in [0.15, 0.2) is 41.5 Å². The molecule has 0 bridgehead atoms. The molecule has 0 amide bonds. The van der Waals surface area contributed by atoms with Gasteiger partial charge in [-0.2, -0.15) is 0 Å². The molecule has 0 aliphatic carbocycles. The van der Waals surface area contributed by atoms with Crippen LogP contribution in [0.3, 0.4) is 0 Å². The minimum atomic E-state index is -0.431. The number of ether oxygens (including phenoxy) is 1. The minimum absolute atomic E-state index is 0.307. The van der Waals surface area contributed by atoms with Crippen LogP contribution in [-0.4, -0.2) is 56.2 Å². The number of guanidine groups is 1. The van der Waals surface area contributed by atoms with Crippen molar-refractivity contribution in [1.82, 2.24) is 15.2 Å². The molecule has 0 unspecified atom stereocenters. The molecule has 0 atom stereocenters. The van der Waals surface area contributed by atoms with E-state index in [1.54, 1.807) is 20.4 Å². The summed E-state index contributed by atoms with van der Waals surface area (Å²) in [6.45, 7) is 3.09. The molecule has 27 heavy (non-hydrogen) atoms. The van der Waals surface area contributed by atoms with Crippen LogP contribution >= 0.6 is 0 Å². The van der Waals surface area contributed by atoms with E-state index in [2.05, 4.69) is 20.2 Å². The highest BCUT2D eigenvalue weighted by molar-refractivity contribution is 5.80. The smallest absolute Gasteiger partial charge is 0.213 e. The standard InChI is InChI=1S/C19H23F2N5O/c1-22-19(24-13-14-5-6-23-18(11-14)27-2)26-9-7-25(8-10-26)17-12-15(20)3-4-16(17)21/h3-6,11-12H,7-10,13H2,1-2H3,(H,22,24). The van der Waals surface area contributed by atoms with Gasteiger partial charge in [0.1, 0.15) is 11.6 Å². The number of pyridine rings is 1. The van der Waals surface area contributed by atoms with Crippen molar-refractivity contribution >= 4 is 11.6 Å². The van der Waals surface area contributed by atoms with Crippen molar-refractivity contribution in [3.05, 3.63) is 53.7 Å². The third-order valence-corrected chi connectivity index (χ3v) is 4.50. The first-order valence-corrected chi connectivity index (χ1v) is 8.75. The Hall–Kier alpha value is -2.90. The molecule has 1 aliphatic rings. The van der Waals surface area contributed by atoms with Crippen molar-refractivity contribution in [2.24, 2.45) is 4.99 Å². The van der Waals surface area contributed by atoms with Crippen molar-refractivity contribution in [3.63, 3.8) is 0 Å². The molecule has 144 valence electrons. The van der Waals surface area contributed by atoms with Crippen LogP contribution in [0.1, 0.15) is 5.56 Å². The van der Waals surface area contributed by atoms with Crippen LogP contribution in [0.5, 0.6) is 5.88 Å². The minimum Gasteiger partial charge on any atom is -0.481 e. The molecule has 1 saturated heterocycles. The van der Waals surface area contributed by atoms with E-state index in [0.29, 0.717) is 44.3 Å². The summed E-state index contributed by atoms with van der Waals surface area (Å²) in [5, 5.41) is 3.32. The summed E-state index contributed by atoms with van der Waals surface area (Å²) >= 11 is 0. The van der Waals surface area contributed by atoms with Gasteiger partial charge in [0, 0.05) is 58.1 Å². The first kappa shape index (κ1) is 18.9. The lowest BCUT2D eigenvalue weighted by Crippen LogP contribution is -2.52. The van der Waals surface area contributed by atoms with Gasteiger partial charge in [0.2, 0.25) is 5.88 Å². The topological polar surface area (TPSA) is 53.0 Å². The number of halogens is 2. The zero-order chi connectivity index (χ0) is 19.2. The third-order valence-electron chi connectivity index (χ3n) is 4.50. The Morgan fingerprint density at radius 2 is 1.96 bits per heavy atom. The van der Waals surface area contributed by atoms with Crippen LogP contribution in [-0.2, 0) is 6.54 Å². The van der Waals surface area contributed by atoms with Gasteiger partial charge in [0.25, 0.3) is 0 Å². The maximum absolute atomic E-state index is 14.0. The normalized spacial score (nSPS) is 15.0. The van der Waals surface area contributed by atoms with E-state index < -0.39 is 11.6 Å². The second-order valence-electron chi connectivity index (χ2n) is 6.18. The zero-order valence-corrected chi connectivity index (χ0v) is 15.5. The van der Waals surface area contributed by atoms with E-state index in [-0.39, 0.29) is 0 Å². The van der Waals surface area contributed by atoms with Gasteiger partial charge >= 0.3 is 0 Å². The maximum atomic E-state index is 14.0. The fourth-order valence-corrected chi connectivity index (χ4v) is 3.07. The molecule has 1 N–H and O–H groups in total. The lowest BCUT2D eigenvalue weighted by Gasteiger charge is -2.37. The fraction of sp³-hybridized carbons (Fsp3) is 0.368. The number of methoxy groups -OCH3 is 1. The Bertz CT molecular complexity index is 806. The lowest BCUT2D eigenvalue weighted by molar-refractivity contribution is 0.370. The number of aliphatic imine (C=N–C) groups is 1. The summed E-state index contributed by atoms with van der Waals surface area (Å²) in [5.41, 5.74) is 1.34. The van der Waals surface area contributed by atoms with Gasteiger partial charge < -0.3 is 19.9 Å². The summed E-state index contributed by atoms with van der Waals surface area (Å²) in [4.78, 5) is 12.4. The first-order valence-electron chi connectivity index (χ1n) is 8.75. The average molecular weight is 375 g/mol. The summed E-state index contributed by atoms with van der Waals surface area (Å²) in [5.74, 6) is 0.498. The quantitative estimate of drug-likeness (QED) is 0.656. The third kappa shape index (κ3) is 4.64. The van der Waals surface area contributed by atoms with Crippen LogP contribution in [0.4, 0.5) is 14.5 Å². The van der Waals surface area contributed by atoms with E-state index >= 15 is 0 Å². The van der Waals surface area contributed by atoms with Crippen molar-refractivity contribution < 1.29 is 13.5 Å². The molecule has 3 rings (SSSR count). The van der Waals surface area contributed by atoms with E-state index in [1.165, 1.54) is 12.1 Å².